The topological polar surface area (TPSA) is 40.6 Å². The van der Waals surface area contributed by atoms with Crippen molar-refractivity contribution in [3.05, 3.63) is 107 Å². The summed E-state index contributed by atoms with van der Waals surface area (Å²) in [7, 11) is 0. The number of carbonyl (C=O) groups excluding carboxylic acids is 2. The molecule has 31 heavy (non-hydrogen) atoms. The van der Waals surface area contributed by atoms with E-state index < -0.39 is 0 Å². The molecule has 1 aliphatic rings. The molecule has 0 saturated carbocycles. The van der Waals surface area contributed by atoms with E-state index in [0.717, 1.165) is 22.3 Å². The molecule has 4 heteroatoms. The third-order valence-electron chi connectivity index (χ3n) is 5.63. The summed E-state index contributed by atoms with van der Waals surface area (Å²) in [6.45, 7) is 7.12. The summed E-state index contributed by atoms with van der Waals surface area (Å²) in [4.78, 5) is 30.7. The Labute approximate surface area is 183 Å². The van der Waals surface area contributed by atoms with E-state index in [1.165, 1.54) is 4.90 Å². The molecule has 0 bridgehead atoms. The number of nitrogens with zero attached hydrogens (tertiary/aromatic N) is 2. The largest absolute Gasteiger partial charge is 0.362 e. The molecule has 0 aromatic heterocycles. The standard InChI is InChI=1S/C27H26N2O2/c1-4-28(18-21-11-7-5-8-12-21)25-24(22-13-9-6-10-14-22)26(30)29(27(25)31)23-16-15-19(2)17-20(23)3/h5-17H,4,18H2,1-3H3. The summed E-state index contributed by atoms with van der Waals surface area (Å²) in [5.41, 5.74) is 5.41. The average Bonchev–Trinajstić information content (AvgIpc) is 3.03. The number of hydrogen-bond acceptors (Lipinski definition) is 3. The Bertz CT molecular complexity index is 1150. The lowest BCUT2D eigenvalue weighted by Gasteiger charge is -2.25. The fourth-order valence-electron chi connectivity index (χ4n) is 4.10. The summed E-state index contributed by atoms with van der Waals surface area (Å²) in [5.74, 6) is -0.543. The first-order valence-electron chi connectivity index (χ1n) is 10.6. The second kappa shape index (κ2) is 8.60. The first-order chi connectivity index (χ1) is 15.0. The number of aryl methyl sites for hydroxylation is 2. The van der Waals surface area contributed by atoms with Crippen molar-refractivity contribution in [2.45, 2.75) is 27.3 Å². The van der Waals surface area contributed by atoms with Crippen LogP contribution < -0.4 is 4.90 Å². The van der Waals surface area contributed by atoms with Gasteiger partial charge in [-0.15, -0.1) is 0 Å². The van der Waals surface area contributed by atoms with E-state index in [0.29, 0.717) is 30.0 Å². The number of benzene rings is 3. The zero-order chi connectivity index (χ0) is 22.0. The molecule has 0 atom stereocenters. The molecule has 0 saturated heterocycles. The minimum atomic E-state index is -0.273. The predicted molar refractivity (Wildman–Crippen MR) is 124 cm³/mol. The van der Waals surface area contributed by atoms with Crippen molar-refractivity contribution >= 4 is 23.1 Å². The molecule has 0 fully saturated rings. The molecule has 1 heterocycles. The Morgan fingerprint density at radius 2 is 1.45 bits per heavy atom. The van der Waals surface area contributed by atoms with Crippen molar-refractivity contribution < 1.29 is 9.59 Å². The van der Waals surface area contributed by atoms with Crippen molar-refractivity contribution in [3.63, 3.8) is 0 Å². The number of likely N-dealkylation sites (N-methyl/N-ethyl adjacent to an activating group) is 1. The Morgan fingerprint density at radius 3 is 2.06 bits per heavy atom. The van der Waals surface area contributed by atoms with E-state index in [4.69, 9.17) is 0 Å². The Balaban J connectivity index is 1.84. The minimum absolute atomic E-state index is 0.270. The van der Waals surface area contributed by atoms with Crippen LogP contribution in [0.4, 0.5) is 5.69 Å². The lowest BCUT2D eigenvalue weighted by atomic mass is 10.0. The van der Waals surface area contributed by atoms with Crippen LogP contribution >= 0.6 is 0 Å². The third kappa shape index (κ3) is 3.89. The maximum atomic E-state index is 13.7. The molecule has 4 nitrogen and oxygen atoms in total. The van der Waals surface area contributed by atoms with Gasteiger partial charge in [-0.05, 0) is 43.5 Å². The highest BCUT2D eigenvalue weighted by molar-refractivity contribution is 6.45. The number of hydrogen-bond donors (Lipinski definition) is 0. The van der Waals surface area contributed by atoms with Gasteiger partial charge in [0.25, 0.3) is 11.8 Å². The van der Waals surface area contributed by atoms with Crippen LogP contribution in [0.2, 0.25) is 0 Å². The summed E-state index contributed by atoms with van der Waals surface area (Å²) < 4.78 is 0. The molecule has 0 radical (unpaired) electrons. The molecule has 0 spiro atoms. The molecule has 1 aliphatic heterocycles. The molecule has 2 amide bonds. The van der Waals surface area contributed by atoms with Crippen LogP contribution in [0.5, 0.6) is 0 Å². The van der Waals surface area contributed by atoms with Crippen LogP contribution in [0.15, 0.2) is 84.6 Å². The SMILES string of the molecule is CCN(Cc1ccccc1)C1=C(c2ccccc2)C(=O)N(c2ccc(C)cc2C)C1=O. The molecular weight excluding hydrogens is 384 g/mol. The summed E-state index contributed by atoms with van der Waals surface area (Å²) in [6.07, 6.45) is 0. The number of rotatable bonds is 6. The van der Waals surface area contributed by atoms with Gasteiger partial charge in [0.15, 0.2) is 0 Å². The highest BCUT2D eigenvalue weighted by Gasteiger charge is 2.42. The molecule has 156 valence electrons. The second-order valence-corrected chi connectivity index (χ2v) is 7.83. The smallest absolute Gasteiger partial charge is 0.282 e. The van der Waals surface area contributed by atoms with Crippen LogP contribution in [0.1, 0.15) is 29.2 Å². The van der Waals surface area contributed by atoms with E-state index in [1.807, 2.05) is 105 Å². The maximum absolute atomic E-state index is 13.7. The minimum Gasteiger partial charge on any atom is -0.362 e. The fourth-order valence-corrected chi connectivity index (χ4v) is 4.10. The van der Waals surface area contributed by atoms with Crippen LogP contribution in [-0.2, 0) is 16.1 Å². The molecule has 0 aliphatic carbocycles. The number of carbonyl (C=O) groups is 2. The van der Waals surface area contributed by atoms with Gasteiger partial charge in [0.05, 0.1) is 11.3 Å². The highest BCUT2D eigenvalue weighted by Crippen LogP contribution is 2.36. The van der Waals surface area contributed by atoms with Crippen molar-refractivity contribution in [1.82, 2.24) is 4.90 Å². The van der Waals surface area contributed by atoms with Crippen molar-refractivity contribution in [2.75, 3.05) is 11.4 Å². The normalized spacial score (nSPS) is 13.8. The van der Waals surface area contributed by atoms with E-state index in [9.17, 15) is 9.59 Å². The zero-order valence-electron chi connectivity index (χ0n) is 18.1. The van der Waals surface area contributed by atoms with Crippen LogP contribution in [0.25, 0.3) is 5.57 Å². The van der Waals surface area contributed by atoms with Gasteiger partial charge in [0.2, 0.25) is 0 Å². The lowest BCUT2D eigenvalue weighted by Crippen LogP contribution is -2.35. The van der Waals surface area contributed by atoms with Crippen LogP contribution in [0.3, 0.4) is 0 Å². The molecule has 4 rings (SSSR count). The Morgan fingerprint density at radius 1 is 0.806 bits per heavy atom. The highest BCUT2D eigenvalue weighted by atomic mass is 16.2. The molecule has 0 N–H and O–H groups in total. The predicted octanol–water partition coefficient (Wildman–Crippen LogP) is 5.11. The lowest BCUT2D eigenvalue weighted by molar-refractivity contribution is -0.120. The Hall–Kier alpha value is -3.66. The Kier molecular flexibility index (Phi) is 5.72. The first-order valence-corrected chi connectivity index (χ1v) is 10.6. The maximum Gasteiger partial charge on any atom is 0.282 e. The van der Waals surface area contributed by atoms with Gasteiger partial charge in [-0.25, -0.2) is 4.90 Å². The summed E-state index contributed by atoms with van der Waals surface area (Å²) in [5, 5.41) is 0. The number of anilines is 1. The average molecular weight is 411 g/mol. The molecule has 3 aromatic rings. The van der Waals surface area contributed by atoms with Gasteiger partial charge in [0, 0.05) is 13.1 Å². The van der Waals surface area contributed by atoms with Crippen molar-refractivity contribution in [3.8, 4) is 0 Å². The molecule has 0 unspecified atom stereocenters. The van der Waals surface area contributed by atoms with Gasteiger partial charge in [-0.2, -0.15) is 0 Å². The van der Waals surface area contributed by atoms with Crippen LogP contribution in [-0.4, -0.2) is 23.3 Å². The van der Waals surface area contributed by atoms with Crippen LogP contribution in [0, 0.1) is 13.8 Å². The van der Waals surface area contributed by atoms with Crippen molar-refractivity contribution in [1.29, 1.82) is 0 Å². The van der Waals surface area contributed by atoms with Gasteiger partial charge >= 0.3 is 0 Å². The number of amides is 2. The monoisotopic (exact) mass is 410 g/mol. The van der Waals surface area contributed by atoms with E-state index in [1.54, 1.807) is 0 Å². The first kappa shape index (κ1) is 20.6. The molecular formula is C27H26N2O2. The molecule has 3 aromatic carbocycles. The third-order valence-corrected chi connectivity index (χ3v) is 5.63. The van der Waals surface area contributed by atoms with Gasteiger partial charge < -0.3 is 4.90 Å². The van der Waals surface area contributed by atoms with E-state index >= 15 is 0 Å². The quantitative estimate of drug-likeness (QED) is 0.530. The second-order valence-electron chi connectivity index (χ2n) is 7.83. The fraction of sp³-hybridized carbons (Fsp3) is 0.185. The van der Waals surface area contributed by atoms with E-state index in [-0.39, 0.29) is 11.8 Å². The summed E-state index contributed by atoms with van der Waals surface area (Å²) >= 11 is 0. The van der Waals surface area contributed by atoms with Gasteiger partial charge in [-0.1, -0.05) is 78.4 Å². The number of imide groups is 1. The summed E-state index contributed by atoms with van der Waals surface area (Å²) in [6, 6.07) is 25.3. The zero-order valence-corrected chi connectivity index (χ0v) is 18.1. The van der Waals surface area contributed by atoms with Crippen molar-refractivity contribution in [2.24, 2.45) is 0 Å². The van der Waals surface area contributed by atoms with E-state index in [2.05, 4.69) is 0 Å². The van der Waals surface area contributed by atoms with Gasteiger partial charge in [-0.3, -0.25) is 9.59 Å². The van der Waals surface area contributed by atoms with Gasteiger partial charge in [0.1, 0.15) is 5.70 Å².